The first kappa shape index (κ1) is 11.5. The average molecular weight is 233 g/mol. The summed E-state index contributed by atoms with van der Waals surface area (Å²) in [4.78, 5) is 3.14. The van der Waals surface area contributed by atoms with Crippen LogP contribution in [0.1, 0.15) is 11.3 Å². The fraction of sp³-hybridized carbons (Fsp3) is 0.111. The Kier molecular flexibility index (Phi) is 3.32. The molecule has 1 aromatic rings. The van der Waals surface area contributed by atoms with Gasteiger partial charge in [-0.15, -0.1) is 0 Å². The minimum Gasteiger partial charge on any atom is -0.232 e. The molecule has 2 nitrogen and oxygen atoms in total. The van der Waals surface area contributed by atoms with Crippen molar-refractivity contribution in [3.63, 3.8) is 0 Å². The van der Waals surface area contributed by atoms with Gasteiger partial charge in [0.2, 0.25) is 0 Å². The summed E-state index contributed by atoms with van der Waals surface area (Å²) >= 11 is 5.41. The molecule has 0 saturated heterocycles. The van der Waals surface area contributed by atoms with Gasteiger partial charge < -0.3 is 0 Å². The number of hydrogen-bond donors (Lipinski definition) is 0. The Morgan fingerprint density at radius 2 is 2.07 bits per heavy atom. The first-order valence-corrected chi connectivity index (χ1v) is 4.12. The van der Waals surface area contributed by atoms with Gasteiger partial charge in [0.15, 0.2) is 0 Å². The summed E-state index contributed by atoms with van der Waals surface area (Å²) in [6, 6.07) is 3.73. The van der Waals surface area contributed by atoms with Crippen LogP contribution in [0.25, 0.3) is 6.08 Å². The number of hydrogen-bond acceptors (Lipinski definition) is 2. The van der Waals surface area contributed by atoms with Gasteiger partial charge in [0, 0.05) is 6.08 Å². The summed E-state index contributed by atoms with van der Waals surface area (Å²) in [6.07, 6.45) is -2.26. The lowest BCUT2D eigenvalue weighted by atomic mass is 10.2. The summed E-state index contributed by atoms with van der Waals surface area (Å²) < 4.78 is 36.8. The summed E-state index contributed by atoms with van der Waals surface area (Å²) in [5.41, 5.74) is -0.892. The van der Waals surface area contributed by atoms with Crippen molar-refractivity contribution >= 4 is 17.7 Å². The van der Waals surface area contributed by atoms with Gasteiger partial charge in [0.25, 0.3) is 0 Å². The van der Waals surface area contributed by atoms with Crippen LogP contribution in [0.4, 0.5) is 13.2 Å². The van der Waals surface area contributed by atoms with Crippen molar-refractivity contribution in [2.24, 2.45) is 0 Å². The lowest BCUT2D eigenvalue weighted by Crippen LogP contribution is -2.08. The summed E-state index contributed by atoms with van der Waals surface area (Å²) in [5.74, 6) is 0. The number of alkyl halides is 3. The fourth-order valence-corrected chi connectivity index (χ4v) is 1.11. The molecule has 0 aliphatic rings. The molecule has 0 atom stereocenters. The van der Waals surface area contributed by atoms with Crippen LogP contribution >= 0.6 is 11.6 Å². The van der Waals surface area contributed by atoms with Crippen LogP contribution in [0, 0.1) is 11.3 Å². The molecule has 0 spiro atoms. The van der Waals surface area contributed by atoms with Crippen LogP contribution in [0.3, 0.4) is 0 Å². The van der Waals surface area contributed by atoms with Gasteiger partial charge in [-0.2, -0.15) is 18.4 Å². The van der Waals surface area contributed by atoms with Crippen molar-refractivity contribution < 1.29 is 13.2 Å². The molecule has 78 valence electrons. The molecule has 1 aromatic heterocycles. The van der Waals surface area contributed by atoms with E-state index in [1.165, 1.54) is 12.1 Å². The number of nitrogens with zero attached hydrogens (tertiary/aromatic N) is 2. The van der Waals surface area contributed by atoms with Crippen LogP contribution in [0.2, 0.25) is 5.15 Å². The second-order valence-electron chi connectivity index (χ2n) is 2.57. The van der Waals surface area contributed by atoms with Gasteiger partial charge in [-0.05, 0) is 23.8 Å². The van der Waals surface area contributed by atoms with E-state index in [-0.39, 0.29) is 10.7 Å². The lowest BCUT2D eigenvalue weighted by molar-refractivity contribution is -0.141. The van der Waals surface area contributed by atoms with Gasteiger partial charge in [-0.1, -0.05) is 11.6 Å². The largest absolute Gasteiger partial charge is 0.433 e. The average Bonchev–Trinajstić information content (AvgIpc) is 2.12. The smallest absolute Gasteiger partial charge is 0.232 e. The molecule has 0 amide bonds. The van der Waals surface area contributed by atoms with Crippen molar-refractivity contribution in [3.8, 4) is 6.07 Å². The number of rotatable bonds is 1. The number of aromatic nitrogens is 1. The van der Waals surface area contributed by atoms with Crippen LogP contribution in [0.5, 0.6) is 0 Å². The van der Waals surface area contributed by atoms with Crippen LogP contribution in [-0.4, -0.2) is 4.98 Å². The monoisotopic (exact) mass is 232 g/mol. The highest BCUT2D eigenvalue weighted by Crippen LogP contribution is 2.29. The predicted octanol–water partition coefficient (Wildman–Crippen LogP) is 3.29. The number of allylic oxidation sites excluding steroid dienone is 1. The Balaban J connectivity index is 3.18. The molecule has 1 rings (SSSR count). The first-order valence-electron chi connectivity index (χ1n) is 3.74. The highest BCUT2D eigenvalue weighted by atomic mass is 35.5. The molecule has 0 aliphatic heterocycles. The van der Waals surface area contributed by atoms with Crippen molar-refractivity contribution in [1.82, 2.24) is 4.98 Å². The van der Waals surface area contributed by atoms with E-state index in [2.05, 4.69) is 4.98 Å². The second kappa shape index (κ2) is 4.32. The summed E-state index contributed by atoms with van der Waals surface area (Å²) in [5, 5.41) is 7.96. The van der Waals surface area contributed by atoms with Gasteiger partial charge in [-0.3, -0.25) is 0 Å². The Bertz CT molecular complexity index is 432. The molecule has 0 saturated carbocycles. The molecule has 0 aliphatic carbocycles. The fourth-order valence-electron chi connectivity index (χ4n) is 0.892. The van der Waals surface area contributed by atoms with Gasteiger partial charge in [0.05, 0.1) is 6.07 Å². The topological polar surface area (TPSA) is 36.7 Å². The maximum absolute atomic E-state index is 12.3. The predicted molar refractivity (Wildman–Crippen MR) is 48.9 cm³/mol. The van der Waals surface area contributed by atoms with Gasteiger partial charge >= 0.3 is 6.18 Å². The van der Waals surface area contributed by atoms with Gasteiger partial charge in [0.1, 0.15) is 10.8 Å². The third-order valence-corrected chi connectivity index (χ3v) is 1.65. The summed E-state index contributed by atoms with van der Waals surface area (Å²) in [7, 11) is 0. The van der Waals surface area contributed by atoms with E-state index >= 15 is 0 Å². The zero-order chi connectivity index (χ0) is 11.5. The summed E-state index contributed by atoms with van der Waals surface area (Å²) in [6.45, 7) is 0. The van der Waals surface area contributed by atoms with Crippen molar-refractivity contribution in [3.05, 3.63) is 34.6 Å². The van der Waals surface area contributed by atoms with Crippen LogP contribution < -0.4 is 0 Å². The Morgan fingerprint density at radius 1 is 1.40 bits per heavy atom. The molecule has 0 bridgehead atoms. The third kappa shape index (κ3) is 3.26. The number of halogens is 4. The molecule has 0 aromatic carbocycles. The maximum atomic E-state index is 12.3. The third-order valence-electron chi connectivity index (χ3n) is 1.46. The molecule has 15 heavy (non-hydrogen) atoms. The highest BCUT2D eigenvalue weighted by Gasteiger charge is 2.32. The van der Waals surface area contributed by atoms with Gasteiger partial charge in [-0.25, -0.2) is 4.98 Å². The zero-order valence-corrected chi connectivity index (χ0v) is 7.97. The van der Waals surface area contributed by atoms with Crippen molar-refractivity contribution in [2.45, 2.75) is 6.18 Å². The number of pyridine rings is 1. The normalized spacial score (nSPS) is 11.7. The molecule has 0 radical (unpaired) electrons. The van der Waals surface area contributed by atoms with E-state index in [1.54, 1.807) is 6.07 Å². The molecular formula is C9H4ClF3N2. The van der Waals surface area contributed by atoms with E-state index in [9.17, 15) is 13.2 Å². The molecule has 0 N–H and O–H groups in total. The number of nitriles is 1. The second-order valence-corrected chi connectivity index (χ2v) is 2.96. The SMILES string of the molecule is N#CC=Cc1cc(Cl)nc(C(F)(F)F)c1. The highest BCUT2D eigenvalue weighted by molar-refractivity contribution is 6.29. The van der Waals surface area contributed by atoms with Crippen LogP contribution in [-0.2, 0) is 6.18 Å². The van der Waals surface area contributed by atoms with Crippen LogP contribution in [0.15, 0.2) is 18.2 Å². The van der Waals surface area contributed by atoms with Crippen molar-refractivity contribution in [1.29, 1.82) is 5.26 Å². The first-order chi connectivity index (χ1) is 6.93. The quantitative estimate of drug-likeness (QED) is 0.550. The maximum Gasteiger partial charge on any atom is 0.433 e. The zero-order valence-electron chi connectivity index (χ0n) is 7.22. The Hall–Kier alpha value is -1.54. The Morgan fingerprint density at radius 3 is 2.60 bits per heavy atom. The molecular weight excluding hydrogens is 229 g/mol. The minimum absolute atomic E-state index is 0.184. The van der Waals surface area contributed by atoms with E-state index in [4.69, 9.17) is 16.9 Å². The molecule has 6 heteroatoms. The van der Waals surface area contributed by atoms with E-state index < -0.39 is 11.9 Å². The van der Waals surface area contributed by atoms with E-state index in [0.29, 0.717) is 0 Å². The van der Waals surface area contributed by atoms with Crippen molar-refractivity contribution in [2.75, 3.05) is 0 Å². The molecule has 0 unspecified atom stereocenters. The Labute approximate surface area is 88.6 Å². The lowest BCUT2D eigenvalue weighted by Gasteiger charge is -2.06. The minimum atomic E-state index is -4.54. The standard InChI is InChI=1S/C9H4ClF3N2/c10-8-5-6(2-1-3-14)4-7(15-8)9(11,12)13/h1-2,4-5H. The van der Waals surface area contributed by atoms with E-state index in [0.717, 1.165) is 12.1 Å². The molecule has 0 fully saturated rings. The van der Waals surface area contributed by atoms with E-state index in [1.807, 2.05) is 0 Å². The molecule has 1 heterocycles.